The smallest absolute Gasteiger partial charge is 0.244 e. The van der Waals surface area contributed by atoms with Crippen molar-refractivity contribution < 1.29 is 9.59 Å². The first-order chi connectivity index (χ1) is 7.43. The molecule has 2 atom stereocenters. The SMILES string of the molecule is CC(NC(=O)C(C)C1CNC1)C(=O)N(C)C. The van der Waals surface area contributed by atoms with Crippen molar-refractivity contribution in [3.8, 4) is 0 Å². The minimum atomic E-state index is -0.446. The summed E-state index contributed by atoms with van der Waals surface area (Å²) < 4.78 is 0. The normalized spacial score (nSPS) is 19.5. The van der Waals surface area contributed by atoms with Crippen molar-refractivity contribution in [2.75, 3.05) is 27.2 Å². The number of rotatable bonds is 4. The molecule has 1 heterocycles. The average Bonchev–Trinajstić information content (AvgIpc) is 2.13. The maximum Gasteiger partial charge on any atom is 0.244 e. The number of carbonyl (C=O) groups excluding carboxylic acids is 2. The Labute approximate surface area is 96.6 Å². The Balaban J connectivity index is 2.40. The van der Waals surface area contributed by atoms with Gasteiger partial charge < -0.3 is 15.5 Å². The molecule has 1 aliphatic rings. The molecule has 0 aromatic rings. The maximum absolute atomic E-state index is 11.8. The van der Waals surface area contributed by atoms with Gasteiger partial charge in [-0.25, -0.2) is 0 Å². The average molecular weight is 227 g/mol. The molecular formula is C11H21N3O2. The Bertz CT molecular complexity index is 274. The van der Waals surface area contributed by atoms with Gasteiger partial charge >= 0.3 is 0 Å². The van der Waals surface area contributed by atoms with Crippen LogP contribution in [0.15, 0.2) is 0 Å². The summed E-state index contributed by atoms with van der Waals surface area (Å²) in [4.78, 5) is 24.8. The molecule has 1 rings (SSSR count). The monoisotopic (exact) mass is 227 g/mol. The molecule has 5 heteroatoms. The highest BCUT2D eigenvalue weighted by atomic mass is 16.2. The van der Waals surface area contributed by atoms with Crippen molar-refractivity contribution in [3.63, 3.8) is 0 Å². The lowest BCUT2D eigenvalue weighted by Gasteiger charge is -2.32. The zero-order valence-electron chi connectivity index (χ0n) is 10.4. The molecule has 0 radical (unpaired) electrons. The zero-order chi connectivity index (χ0) is 12.3. The molecule has 0 bridgehead atoms. The summed E-state index contributed by atoms with van der Waals surface area (Å²) >= 11 is 0. The first-order valence-corrected chi connectivity index (χ1v) is 5.65. The summed E-state index contributed by atoms with van der Waals surface area (Å²) in [5, 5.41) is 5.89. The van der Waals surface area contributed by atoms with Crippen LogP contribution >= 0.6 is 0 Å². The fourth-order valence-corrected chi connectivity index (χ4v) is 1.67. The topological polar surface area (TPSA) is 61.4 Å². The molecule has 0 aromatic heterocycles. The van der Waals surface area contributed by atoms with Gasteiger partial charge in [-0.1, -0.05) is 6.92 Å². The molecule has 0 spiro atoms. The predicted molar refractivity (Wildman–Crippen MR) is 61.8 cm³/mol. The lowest BCUT2D eigenvalue weighted by Crippen LogP contribution is -2.52. The maximum atomic E-state index is 11.8. The number of likely N-dealkylation sites (N-methyl/N-ethyl adjacent to an activating group) is 1. The number of carbonyl (C=O) groups is 2. The summed E-state index contributed by atoms with van der Waals surface area (Å²) in [5.74, 6) is 0.266. The summed E-state index contributed by atoms with van der Waals surface area (Å²) in [6.07, 6.45) is 0. The van der Waals surface area contributed by atoms with Gasteiger partial charge in [-0.05, 0) is 25.9 Å². The third kappa shape index (κ3) is 2.95. The van der Waals surface area contributed by atoms with Crippen LogP contribution in [0.1, 0.15) is 13.8 Å². The van der Waals surface area contributed by atoms with Crippen molar-refractivity contribution >= 4 is 11.8 Å². The van der Waals surface area contributed by atoms with Gasteiger partial charge in [-0.2, -0.15) is 0 Å². The molecule has 2 N–H and O–H groups in total. The van der Waals surface area contributed by atoms with Crippen molar-refractivity contribution in [1.82, 2.24) is 15.5 Å². The predicted octanol–water partition coefficient (Wildman–Crippen LogP) is -0.565. The molecule has 1 fully saturated rings. The van der Waals surface area contributed by atoms with Gasteiger partial charge in [0.1, 0.15) is 6.04 Å². The Morgan fingerprint density at radius 3 is 2.25 bits per heavy atom. The molecule has 2 amide bonds. The molecule has 92 valence electrons. The molecule has 2 unspecified atom stereocenters. The van der Waals surface area contributed by atoms with Crippen LogP contribution in [0.4, 0.5) is 0 Å². The second-order valence-corrected chi connectivity index (χ2v) is 4.67. The van der Waals surface area contributed by atoms with Crippen LogP contribution < -0.4 is 10.6 Å². The van der Waals surface area contributed by atoms with Crippen molar-refractivity contribution in [1.29, 1.82) is 0 Å². The van der Waals surface area contributed by atoms with Crippen molar-refractivity contribution in [3.05, 3.63) is 0 Å². The Morgan fingerprint density at radius 1 is 1.31 bits per heavy atom. The standard InChI is InChI=1S/C11H21N3O2/c1-7(9-5-12-6-9)10(15)13-8(2)11(16)14(3)4/h7-9,12H,5-6H2,1-4H3,(H,13,15). The van der Waals surface area contributed by atoms with Gasteiger partial charge in [0, 0.05) is 20.0 Å². The van der Waals surface area contributed by atoms with Crippen LogP contribution in [0.2, 0.25) is 0 Å². The van der Waals surface area contributed by atoms with Crippen molar-refractivity contribution in [2.24, 2.45) is 11.8 Å². The molecule has 0 aromatic carbocycles. The highest BCUT2D eigenvalue weighted by molar-refractivity contribution is 5.88. The van der Waals surface area contributed by atoms with Gasteiger partial charge in [0.25, 0.3) is 0 Å². The molecule has 1 aliphatic heterocycles. The minimum absolute atomic E-state index is 0.0290. The second-order valence-electron chi connectivity index (χ2n) is 4.67. The molecule has 16 heavy (non-hydrogen) atoms. The lowest BCUT2D eigenvalue weighted by atomic mass is 9.88. The van der Waals surface area contributed by atoms with Gasteiger partial charge in [-0.3, -0.25) is 9.59 Å². The molecule has 0 saturated carbocycles. The number of amides is 2. The van der Waals surface area contributed by atoms with Gasteiger partial charge in [0.05, 0.1) is 0 Å². The van der Waals surface area contributed by atoms with Crippen LogP contribution in [-0.2, 0) is 9.59 Å². The molecule has 0 aliphatic carbocycles. The fraction of sp³-hybridized carbons (Fsp3) is 0.818. The number of nitrogens with one attached hydrogen (secondary N) is 2. The number of hydrogen-bond acceptors (Lipinski definition) is 3. The van der Waals surface area contributed by atoms with Crippen molar-refractivity contribution in [2.45, 2.75) is 19.9 Å². The Morgan fingerprint density at radius 2 is 1.88 bits per heavy atom. The molecule has 1 saturated heterocycles. The Hall–Kier alpha value is -1.10. The number of nitrogens with zero attached hydrogens (tertiary/aromatic N) is 1. The first kappa shape index (κ1) is 13.0. The quantitative estimate of drug-likeness (QED) is 0.676. The van der Waals surface area contributed by atoms with E-state index in [4.69, 9.17) is 0 Å². The van der Waals surface area contributed by atoms with E-state index in [2.05, 4.69) is 10.6 Å². The van der Waals surface area contributed by atoms with Gasteiger partial charge in [-0.15, -0.1) is 0 Å². The van der Waals surface area contributed by atoms with Crippen LogP contribution in [0.3, 0.4) is 0 Å². The highest BCUT2D eigenvalue weighted by Crippen LogP contribution is 2.15. The van der Waals surface area contributed by atoms with E-state index < -0.39 is 6.04 Å². The second kappa shape index (κ2) is 5.30. The van der Waals surface area contributed by atoms with E-state index in [1.165, 1.54) is 4.90 Å². The zero-order valence-corrected chi connectivity index (χ0v) is 10.4. The van der Waals surface area contributed by atoms with Crippen LogP contribution in [0.5, 0.6) is 0 Å². The van der Waals surface area contributed by atoms with E-state index in [9.17, 15) is 9.59 Å². The molecular weight excluding hydrogens is 206 g/mol. The summed E-state index contributed by atoms with van der Waals surface area (Å²) in [5.41, 5.74) is 0. The summed E-state index contributed by atoms with van der Waals surface area (Å²) in [6, 6.07) is -0.446. The minimum Gasteiger partial charge on any atom is -0.347 e. The molecule has 5 nitrogen and oxygen atoms in total. The fourth-order valence-electron chi connectivity index (χ4n) is 1.67. The third-order valence-electron chi connectivity index (χ3n) is 3.10. The Kier molecular flexibility index (Phi) is 4.29. The van der Waals surface area contributed by atoms with E-state index in [-0.39, 0.29) is 17.7 Å². The largest absolute Gasteiger partial charge is 0.347 e. The van der Waals surface area contributed by atoms with Crippen LogP contribution in [0.25, 0.3) is 0 Å². The lowest BCUT2D eigenvalue weighted by molar-refractivity contribution is -0.135. The number of hydrogen-bond donors (Lipinski definition) is 2. The highest BCUT2D eigenvalue weighted by Gasteiger charge is 2.30. The first-order valence-electron chi connectivity index (χ1n) is 5.65. The summed E-state index contributed by atoms with van der Waals surface area (Å²) in [6.45, 7) is 5.41. The third-order valence-corrected chi connectivity index (χ3v) is 3.10. The van der Waals surface area contributed by atoms with E-state index >= 15 is 0 Å². The van der Waals surface area contributed by atoms with Crippen LogP contribution in [-0.4, -0.2) is 49.9 Å². The summed E-state index contributed by atoms with van der Waals surface area (Å²) in [7, 11) is 3.37. The van der Waals surface area contributed by atoms with Crippen LogP contribution in [0, 0.1) is 11.8 Å². The van der Waals surface area contributed by atoms with E-state index in [0.717, 1.165) is 13.1 Å². The van der Waals surface area contributed by atoms with E-state index in [1.807, 2.05) is 6.92 Å². The van der Waals surface area contributed by atoms with Gasteiger partial charge in [0.15, 0.2) is 0 Å². The van der Waals surface area contributed by atoms with E-state index in [0.29, 0.717) is 5.92 Å². The van der Waals surface area contributed by atoms with E-state index in [1.54, 1.807) is 21.0 Å². The van der Waals surface area contributed by atoms with Gasteiger partial charge in [0.2, 0.25) is 11.8 Å².